The molecular formula is C21H29N3O4. The predicted octanol–water partition coefficient (Wildman–Crippen LogP) is 2.12. The Morgan fingerprint density at radius 1 is 1.00 bits per heavy atom. The van der Waals surface area contributed by atoms with Gasteiger partial charge in [0.2, 0.25) is 11.8 Å². The summed E-state index contributed by atoms with van der Waals surface area (Å²) in [7, 11) is 0. The molecule has 1 N–H and O–H groups in total. The Kier molecular flexibility index (Phi) is 6.00. The molecule has 0 aliphatic carbocycles. The standard InChI is InChI=1S/C21H29N3O4/c25-20(22-17-6-7-18-19(13-17)28-12-11-27-18)15-23-8-4-5-16(14-23)21(26)24-9-2-1-3-10-24/h6-7,13,16H,1-5,8-12,14-15H2,(H,22,25). The summed E-state index contributed by atoms with van der Waals surface area (Å²) in [6.45, 7) is 4.68. The Morgan fingerprint density at radius 2 is 1.79 bits per heavy atom. The predicted molar refractivity (Wildman–Crippen MR) is 106 cm³/mol. The van der Waals surface area contributed by atoms with Crippen LogP contribution in [0.25, 0.3) is 0 Å². The van der Waals surface area contributed by atoms with Crippen LogP contribution >= 0.6 is 0 Å². The average molecular weight is 387 g/mol. The summed E-state index contributed by atoms with van der Waals surface area (Å²) in [6.07, 6.45) is 5.33. The van der Waals surface area contributed by atoms with Crippen molar-refractivity contribution in [2.45, 2.75) is 32.1 Å². The van der Waals surface area contributed by atoms with E-state index in [0.29, 0.717) is 43.5 Å². The van der Waals surface area contributed by atoms with E-state index in [0.717, 1.165) is 45.3 Å². The van der Waals surface area contributed by atoms with Gasteiger partial charge in [-0.3, -0.25) is 14.5 Å². The molecule has 1 unspecified atom stereocenters. The highest BCUT2D eigenvalue weighted by Gasteiger charge is 2.30. The summed E-state index contributed by atoms with van der Waals surface area (Å²) < 4.78 is 11.1. The zero-order chi connectivity index (χ0) is 19.3. The van der Waals surface area contributed by atoms with Crippen LogP contribution in [0.15, 0.2) is 18.2 Å². The first-order valence-electron chi connectivity index (χ1n) is 10.4. The van der Waals surface area contributed by atoms with Gasteiger partial charge in [0.15, 0.2) is 11.5 Å². The minimum Gasteiger partial charge on any atom is -0.486 e. The van der Waals surface area contributed by atoms with Crippen LogP contribution < -0.4 is 14.8 Å². The van der Waals surface area contributed by atoms with Crippen LogP contribution in [0, 0.1) is 5.92 Å². The first-order chi connectivity index (χ1) is 13.7. The molecule has 7 heteroatoms. The molecule has 3 heterocycles. The van der Waals surface area contributed by atoms with Crippen LogP contribution in [0.2, 0.25) is 0 Å². The van der Waals surface area contributed by atoms with E-state index in [9.17, 15) is 9.59 Å². The lowest BCUT2D eigenvalue weighted by Crippen LogP contribution is -2.47. The smallest absolute Gasteiger partial charge is 0.238 e. The van der Waals surface area contributed by atoms with E-state index in [1.165, 1.54) is 6.42 Å². The van der Waals surface area contributed by atoms with Gasteiger partial charge < -0.3 is 19.7 Å². The van der Waals surface area contributed by atoms with Crippen molar-refractivity contribution in [1.82, 2.24) is 9.80 Å². The maximum Gasteiger partial charge on any atom is 0.238 e. The summed E-state index contributed by atoms with van der Waals surface area (Å²) in [5, 5.41) is 2.94. The van der Waals surface area contributed by atoms with Crippen molar-refractivity contribution in [3.63, 3.8) is 0 Å². The van der Waals surface area contributed by atoms with Gasteiger partial charge in [0.25, 0.3) is 0 Å². The largest absolute Gasteiger partial charge is 0.486 e. The quantitative estimate of drug-likeness (QED) is 0.857. The third kappa shape index (κ3) is 4.58. The van der Waals surface area contributed by atoms with E-state index < -0.39 is 0 Å². The number of rotatable bonds is 4. The van der Waals surface area contributed by atoms with Crippen LogP contribution in [0.4, 0.5) is 5.69 Å². The number of carbonyl (C=O) groups is 2. The molecule has 7 nitrogen and oxygen atoms in total. The normalized spacial score (nSPS) is 22.6. The number of amides is 2. The van der Waals surface area contributed by atoms with Crippen LogP contribution in [-0.4, -0.2) is 67.6 Å². The zero-order valence-electron chi connectivity index (χ0n) is 16.3. The molecule has 0 radical (unpaired) electrons. The van der Waals surface area contributed by atoms with Gasteiger partial charge in [-0.1, -0.05) is 0 Å². The summed E-state index contributed by atoms with van der Waals surface area (Å²) >= 11 is 0. The minimum absolute atomic E-state index is 0.0222. The van der Waals surface area contributed by atoms with E-state index in [2.05, 4.69) is 10.2 Å². The molecule has 1 atom stereocenters. The highest BCUT2D eigenvalue weighted by molar-refractivity contribution is 5.92. The lowest BCUT2D eigenvalue weighted by Gasteiger charge is -2.36. The number of fused-ring (bicyclic) bond motifs is 1. The van der Waals surface area contributed by atoms with Gasteiger partial charge in [-0.15, -0.1) is 0 Å². The monoisotopic (exact) mass is 387 g/mol. The van der Waals surface area contributed by atoms with Gasteiger partial charge in [-0.25, -0.2) is 0 Å². The van der Waals surface area contributed by atoms with Crippen molar-refractivity contribution in [3.8, 4) is 11.5 Å². The molecular weight excluding hydrogens is 358 g/mol. The van der Waals surface area contributed by atoms with Crippen LogP contribution in [-0.2, 0) is 9.59 Å². The molecule has 28 heavy (non-hydrogen) atoms. The Balaban J connectivity index is 1.29. The van der Waals surface area contributed by atoms with Crippen molar-refractivity contribution in [2.24, 2.45) is 5.92 Å². The lowest BCUT2D eigenvalue weighted by molar-refractivity contribution is -0.138. The molecule has 2 amide bonds. The summed E-state index contributed by atoms with van der Waals surface area (Å²) in [6, 6.07) is 5.44. The number of hydrogen-bond donors (Lipinski definition) is 1. The topological polar surface area (TPSA) is 71.1 Å². The Hall–Kier alpha value is -2.28. The van der Waals surface area contributed by atoms with E-state index in [-0.39, 0.29) is 17.7 Å². The zero-order valence-corrected chi connectivity index (χ0v) is 16.3. The van der Waals surface area contributed by atoms with E-state index in [4.69, 9.17) is 9.47 Å². The molecule has 2 fully saturated rings. The Labute approximate surface area is 166 Å². The van der Waals surface area contributed by atoms with Crippen LogP contribution in [0.1, 0.15) is 32.1 Å². The highest BCUT2D eigenvalue weighted by Crippen LogP contribution is 2.32. The van der Waals surface area contributed by atoms with Gasteiger partial charge in [-0.05, 0) is 50.8 Å². The fraction of sp³-hybridized carbons (Fsp3) is 0.619. The number of benzene rings is 1. The van der Waals surface area contributed by atoms with Crippen molar-refractivity contribution in [1.29, 1.82) is 0 Å². The molecule has 1 aromatic rings. The number of nitrogens with one attached hydrogen (secondary N) is 1. The van der Waals surface area contributed by atoms with Crippen molar-refractivity contribution in [3.05, 3.63) is 18.2 Å². The van der Waals surface area contributed by atoms with Gasteiger partial charge in [0.1, 0.15) is 13.2 Å². The molecule has 2 saturated heterocycles. The molecule has 0 bridgehead atoms. The van der Waals surface area contributed by atoms with Gasteiger partial charge in [-0.2, -0.15) is 0 Å². The van der Waals surface area contributed by atoms with E-state index in [1.807, 2.05) is 17.0 Å². The SMILES string of the molecule is O=C(CN1CCCC(C(=O)N2CCCCC2)C1)Nc1ccc2c(c1)OCCO2. The molecule has 0 spiro atoms. The number of nitrogens with zero attached hydrogens (tertiary/aromatic N) is 2. The Bertz CT molecular complexity index is 718. The molecule has 1 aromatic carbocycles. The van der Waals surface area contributed by atoms with Crippen LogP contribution in [0.3, 0.4) is 0 Å². The number of piperidine rings is 2. The summed E-state index contributed by atoms with van der Waals surface area (Å²) in [5.74, 6) is 1.60. The third-order valence-corrected chi connectivity index (χ3v) is 5.72. The van der Waals surface area contributed by atoms with E-state index >= 15 is 0 Å². The molecule has 152 valence electrons. The van der Waals surface area contributed by atoms with Crippen molar-refractivity contribution >= 4 is 17.5 Å². The maximum atomic E-state index is 12.8. The maximum absolute atomic E-state index is 12.8. The highest BCUT2D eigenvalue weighted by atomic mass is 16.6. The Morgan fingerprint density at radius 3 is 2.61 bits per heavy atom. The molecule has 0 saturated carbocycles. The molecule has 0 aromatic heterocycles. The number of anilines is 1. The fourth-order valence-corrected chi connectivity index (χ4v) is 4.30. The fourth-order valence-electron chi connectivity index (χ4n) is 4.30. The average Bonchev–Trinajstić information content (AvgIpc) is 2.74. The first-order valence-corrected chi connectivity index (χ1v) is 10.4. The summed E-state index contributed by atoms with van der Waals surface area (Å²) in [5.41, 5.74) is 0.701. The second kappa shape index (κ2) is 8.82. The van der Waals surface area contributed by atoms with Crippen molar-refractivity contribution in [2.75, 3.05) is 51.3 Å². The molecule has 4 rings (SSSR count). The summed E-state index contributed by atoms with van der Waals surface area (Å²) in [4.78, 5) is 29.4. The number of hydrogen-bond acceptors (Lipinski definition) is 5. The number of likely N-dealkylation sites (tertiary alicyclic amines) is 2. The second-order valence-corrected chi connectivity index (χ2v) is 7.87. The van der Waals surface area contributed by atoms with E-state index in [1.54, 1.807) is 6.07 Å². The van der Waals surface area contributed by atoms with Gasteiger partial charge in [0.05, 0.1) is 12.5 Å². The van der Waals surface area contributed by atoms with Gasteiger partial charge in [0, 0.05) is 31.4 Å². The van der Waals surface area contributed by atoms with Crippen molar-refractivity contribution < 1.29 is 19.1 Å². The number of ether oxygens (including phenoxy) is 2. The molecule has 3 aliphatic rings. The molecule has 3 aliphatic heterocycles. The third-order valence-electron chi connectivity index (χ3n) is 5.72. The number of carbonyl (C=O) groups excluding carboxylic acids is 2. The minimum atomic E-state index is -0.0669. The van der Waals surface area contributed by atoms with Gasteiger partial charge >= 0.3 is 0 Å². The second-order valence-electron chi connectivity index (χ2n) is 7.87. The van der Waals surface area contributed by atoms with Crippen LogP contribution in [0.5, 0.6) is 11.5 Å². The lowest BCUT2D eigenvalue weighted by atomic mass is 9.95. The first kappa shape index (κ1) is 19.1.